The Bertz CT molecular complexity index is 399. The first-order valence-corrected chi connectivity index (χ1v) is 8.50. The van der Waals surface area contributed by atoms with Crippen molar-refractivity contribution < 1.29 is 0 Å². The molecule has 1 aliphatic rings. The molecule has 0 atom stereocenters. The largest absolute Gasteiger partial charge is 0.297 e. The van der Waals surface area contributed by atoms with E-state index < -0.39 is 0 Å². The molecule has 0 unspecified atom stereocenters. The van der Waals surface area contributed by atoms with E-state index in [1.54, 1.807) is 0 Å². The van der Waals surface area contributed by atoms with E-state index in [0.717, 1.165) is 24.1 Å². The fourth-order valence-corrected chi connectivity index (χ4v) is 3.87. The van der Waals surface area contributed by atoms with Crippen molar-refractivity contribution >= 4 is 15.9 Å². The first-order chi connectivity index (χ1) is 9.17. The average Bonchev–Trinajstić information content (AvgIpc) is 2.87. The molecule has 1 aliphatic carbocycles. The second-order valence-electron chi connectivity index (χ2n) is 5.91. The number of aryl methyl sites for hydroxylation is 1. The molecule has 1 aromatic rings. The molecule has 1 fully saturated rings. The van der Waals surface area contributed by atoms with Crippen molar-refractivity contribution in [3.05, 3.63) is 29.6 Å². The van der Waals surface area contributed by atoms with E-state index in [2.05, 4.69) is 57.9 Å². The van der Waals surface area contributed by atoms with Crippen LogP contribution in [0.4, 0.5) is 0 Å². The molecule has 0 saturated heterocycles. The zero-order chi connectivity index (χ0) is 13.7. The number of alkyl halides is 1. The maximum Gasteiger partial charge on any atom is 0.0547 e. The number of rotatable bonds is 6. The van der Waals surface area contributed by atoms with Gasteiger partial charge in [-0.2, -0.15) is 0 Å². The first kappa shape index (κ1) is 15.0. The van der Waals surface area contributed by atoms with Gasteiger partial charge in [0, 0.05) is 24.1 Å². The summed E-state index contributed by atoms with van der Waals surface area (Å²) in [4.78, 5) is 7.18. The average molecular weight is 325 g/mol. The van der Waals surface area contributed by atoms with Crippen molar-refractivity contribution in [1.82, 2.24) is 9.88 Å². The number of aromatic nitrogens is 1. The van der Waals surface area contributed by atoms with Crippen LogP contribution in [0.2, 0.25) is 0 Å². The lowest BCUT2D eigenvalue weighted by atomic mass is 9.88. The van der Waals surface area contributed by atoms with Gasteiger partial charge in [-0.3, -0.25) is 9.88 Å². The third-order valence-corrected chi connectivity index (χ3v) is 5.48. The minimum absolute atomic E-state index is 0.500. The predicted molar refractivity (Wildman–Crippen MR) is 84.6 cm³/mol. The summed E-state index contributed by atoms with van der Waals surface area (Å²) in [6.45, 7) is 7.60. The number of hydrogen-bond acceptors (Lipinski definition) is 2. The molecule has 19 heavy (non-hydrogen) atoms. The fraction of sp³-hybridized carbons (Fsp3) is 0.688. The van der Waals surface area contributed by atoms with E-state index in [1.165, 1.54) is 37.9 Å². The molecule has 1 heterocycles. The predicted octanol–water partition coefficient (Wildman–Crippen LogP) is 4.17. The molecule has 0 bridgehead atoms. The van der Waals surface area contributed by atoms with Crippen molar-refractivity contribution in [3.8, 4) is 0 Å². The molecule has 0 aromatic carbocycles. The SMILES string of the molecule is CCN(Cc1cccc(C)n1)CC1(CBr)CCCC1. The standard InChI is InChI=1S/C16H25BrN2/c1-3-19(11-15-8-6-7-14(2)18-15)13-16(12-17)9-4-5-10-16/h6-8H,3-5,9-13H2,1-2H3. The fourth-order valence-electron chi connectivity index (χ4n) is 3.13. The van der Waals surface area contributed by atoms with E-state index in [1.807, 2.05) is 0 Å². The van der Waals surface area contributed by atoms with Crippen LogP contribution in [0, 0.1) is 12.3 Å². The summed E-state index contributed by atoms with van der Waals surface area (Å²) < 4.78 is 0. The highest BCUT2D eigenvalue weighted by molar-refractivity contribution is 9.09. The van der Waals surface area contributed by atoms with Crippen molar-refractivity contribution in [2.45, 2.75) is 46.1 Å². The highest BCUT2D eigenvalue weighted by Gasteiger charge is 2.34. The van der Waals surface area contributed by atoms with E-state index in [9.17, 15) is 0 Å². The third-order valence-electron chi connectivity index (χ3n) is 4.29. The Labute approximate surface area is 125 Å². The van der Waals surface area contributed by atoms with E-state index in [0.29, 0.717) is 5.41 Å². The summed E-state index contributed by atoms with van der Waals surface area (Å²) in [6.07, 6.45) is 5.53. The summed E-state index contributed by atoms with van der Waals surface area (Å²) in [5.74, 6) is 0. The maximum atomic E-state index is 4.63. The van der Waals surface area contributed by atoms with Crippen LogP contribution in [-0.2, 0) is 6.54 Å². The normalized spacial score (nSPS) is 18.1. The van der Waals surface area contributed by atoms with Gasteiger partial charge in [-0.15, -0.1) is 0 Å². The molecular formula is C16H25BrN2. The van der Waals surface area contributed by atoms with E-state index in [4.69, 9.17) is 0 Å². The van der Waals surface area contributed by atoms with Gasteiger partial charge < -0.3 is 0 Å². The van der Waals surface area contributed by atoms with Crippen molar-refractivity contribution in [2.24, 2.45) is 5.41 Å². The molecule has 0 radical (unpaired) electrons. The van der Waals surface area contributed by atoms with Gasteiger partial charge >= 0.3 is 0 Å². The van der Waals surface area contributed by atoms with Gasteiger partial charge in [-0.25, -0.2) is 0 Å². The Hall–Kier alpha value is -0.410. The molecule has 0 aliphatic heterocycles. The van der Waals surface area contributed by atoms with Crippen LogP contribution in [-0.4, -0.2) is 28.3 Å². The van der Waals surface area contributed by atoms with Crippen LogP contribution in [0.15, 0.2) is 18.2 Å². The van der Waals surface area contributed by atoms with Gasteiger partial charge in [0.05, 0.1) is 5.69 Å². The minimum Gasteiger partial charge on any atom is -0.297 e. The maximum absolute atomic E-state index is 4.63. The second kappa shape index (κ2) is 6.85. The molecule has 1 aromatic heterocycles. The summed E-state index contributed by atoms with van der Waals surface area (Å²) >= 11 is 3.75. The molecule has 3 heteroatoms. The summed E-state index contributed by atoms with van der Waals surface area (Å²) in [7, 11) is 0. The van der Waals surface area contributed by atoms with E-state index in [-0.39, 0.29) is 0 Å². The topological polar surface area (TPSA) is 16.1 Å². The molecule has 1 saturated carbocycles. The van der Waals surface area contributed by atoms with Crippen molar-refractivity contribution in [1.29, 1.82) is 0 Å². The Morgan fingerprint density at radius 2 is 2.05 bits per heavy atom. The lowest BCUT2D eigenvalue weighted by Gasteiger charge is -2.33. The quantitative estimate of drug-likeness (QED) is 0.730. The van der Waals surface area contributed by atoms with Crippen LogP contribution < -0.4 is 0 Å². The lowest BCUT2D eigenvalue weighted by molar-refractivity contribution is 0.171. The monoisotopic (exact) mass is 324 g/mol. The summed E-state index contributed by atoms with van der Waals surface area (Å²) in [5.41, 5.74) is 2.81. The summed E-state index contributed by atoms with van der Waals surface area (Å²) in [6, 6.07) is 6.32. The van der Waals surface area contributed by atoms with Crippen LogP contribution in [0.3, 0.4) is 0 Å². The van der Waals surface area contributed by atoms with Crippen molar-refractivity contribution in [2.75, 3.05) is 18.4 Å². The zero-order valence-electron chi connectivity index (χ0n) is 12.2. The molecule has 2 nitrogen and oxygen atoms in total. The molecule has 0 amide bonds. The molecule has 0 N–H and O–H groups in total. The third kappa shape index (κ3) is 4.03. The van der Waals surface area contributed by atoms with Gasteiger partial charge in [-0.05, 0) is 43.9 Å². The number of halogens is 1. The molecule has 2 rings (SSSR count). The second-order valence-corrected chi connectivity index (χ2v) is 6.48. The van der Waals surface area contributed by atoms with Crippen LogP contribution >= 0.6 is 15.9 Å². The highest BCUT2D eigenvalue weighted by atomic mass is 79.9. The Balaban J connectivity index is 2.00. The van der Waals surface area contributed by atoms with E-state index >= 15 is 0 Å². The van der Waals surface area contributed by atoms with Gasteiger partial charge in [0.1, 0.15) is 0 Å². The number of nitrogens with zero attached hydrogens (tertiary/aromatic N) is 2. The van der Waals surface area contributed by atoms with Crippen molar-refractivity contribution in [3.63, 3.8) is 0 Å². The smallest absolute Gasteiger partial charge is 0.0547 e. The van der Waals surface area contributed by atoms with Gasteiger partial charge in [0.25, 0.3) is 0 Å². The first-order valence-electron chi connectivity index (χ1n) is 7.38. The molecule has 0 spiro atoms. The highest BCUT2D eigenvalue weighted by Crippen LogP contribution is 2.40. The lowest BCUT2D eigenvalue weighted by Crippen LogP contribution is -2.37. The molecular weight excluding hydrogens is 300 g/mol. The Morgan fingerprint density at radius 3 is 2.63 bits per heavy atom. The zero-order valence-corrected chi connectivity index (χ0v) is 13.7. The van der Waals surface area contributed by atoms with Crippen LogP contribution in [0.25, 0.3) is 0 Å². The van der Waals surface area contributed by atoms with Gasteiger partial charge in [-0.1, -0.05) is 41.8 Å². The Kier molecular flexibility index (Phi) is 5.40. The Morgan fingerprint density at radius 1 is 1.32 bits per heavy atom. The van der Waals surface area contributed by atoms with Gasteiger partial charge in [0.15, 0.2) is 0 Å². The minimum atomic E-state index is 0.500. The summed E-state index contributed by atoms with van der Waals surface area (Å²) in [5, 5.41) is 1.14. The number of pyridine rings is 1. The number of hydrogen-bond donors (Lipinski definition) is 0. The van der Waals surface area contributed by atoms with Crippen LogP contribution in [0.5, 0.6) is 0 Å². The molecule has 106 valence electrons. The van der Waals surface area contributed by atoms with Gasteiger partial charge in [0.2, 0.25) is 0 Å². The van der Waals surface area contributed by atoms with Crippen LogP contribution in [0.1, 0.15) is 44.0 Å².